The van der Waals surface area contributed by atoms with Gasteiger partial charge in [0.2, 0.25) is 15.9 Å². The summed E-state index contributed by atoms with van der Waals surface area (Å²) in [7, 11) is -2.19. The van der Waals surface area contributed by atoms with Gasteiger partial charge in [0, 0.05) is 25.6 Å². The van der Waals surface area contributed by atoms with Crippen LogP contribution < -0.4 is 4.72 Å². The second-order valence-electron chi connectivity index (χ2n) is 6.91. The molecule has 0 aliphatic rings. The van der Waals surface area contributed by atoms with Crippen LogP contribution in [0.15, 0.2) is 57.9 Å². The molecule has 0 aliphatic carbocycles. The van der Waals surface area contributed by atoms with Crippen molar-refractivity contribution in [1.29, 1.82) is 0 Å². The Kier molecular flexibility index (Phi) is 6.63. The number of aromatic nitrogens is 2. The van der Waals surface area contributed by atoms with Crippen LogP contribution in [-0.4, -0.2) is 36.4 Å². The van der Waals surface area contributed by atoms with E-state index >= 15 is 0 Å². The Morgan fingerprint density at radius 1 is 1.17 bits per heavy atom. The van der Waals surface area contributed by atoms with Crippen LogP contribution in [0.2, 0.25) is 0 Å². The lowest BCUT2D eigenvalue weighted by atomic mass is 10.1. The van der Waals surface area contributed by atoms with Crippen molar-refractivity contribution in [3.63, 3.8) is 0 Å². The minimum absolute atomic E-state index is 0.0729. The van der Waals surface area contributed by atoms with E-state index in [9.17, 15) is 13.2 Å². The molecule has 0 aliphatic heterocycles. The molecule has 1 heterocycles. The predicted molar refractivity (Wildman–Crippen MR) is 111 cm³/mol. The second-order valence-corrected chi connectivity index (χ2v) is 8.64. The average molecular weight is 429 g/mol. The van der Waals surface area contributed by atoms with E-state index < -0.39 is 10.0 Å². The second kappa shape index (κ2) is 9.19. The maximum Gasteiger partial charge on any atom is 0.254 e. The average Bonchev–Trinajstić information content (AvgIpc) is 3.20. The van der Waals surface area contributed by atoms with Crippen molar-refractivity contribution in [2.24, 2.45) is 0 Å². The highest BCUT2D eigenvalue weighted by Gasteiger charge is 2.21. The molecule has 3 aromatic rings. The summed E-state index contributed by atoms with van der Waals surface area (Å²) in [4.78, 5) is 18.5. The Balaban J connectivity index is 1.76. The van der Waals surface area contributed by atoms with Crippen molar-refractivity contribution in [1.82, 2.24) is 19.8 Å². The normalized spacial score (nSPS) is 11.4. The molecule has 0 saturated carbocycles. The van der Waals surface area contributed by atoms with Gasteiger partial charge in [-0.15, -0.1) is 0 Å². The summed E-state index contributed by atoms with van der Waals surface area (Å²) in [6.07, 6.45) is 0.635. The molecule has 0 spiro atoms. The monoisotopic (exact) mass is 428 g/mol. The molecule has 1 aromatic heterocycles. The third-order valence-corrected chi connectivity index (χ3v) is 6.12. The number of carbonyl (C=O) groups is 1. The van der Waals surface area contributed by atoms with Gasteiger partial charge in [0.25, 0.3) is 5.91 Å². The molecule has 2 aromatic carbocycles. The number of benzene rings is 2. The number of rotatable bonds is 8. The molecule has 0 fully saturated rings. The minimum atomic E-state index is -3.79. The first-order chi connectivity index (χ1) is 14.3. The molecule has 1 N–H and O–H groups in total. The van der Waals surface area contributed by atoms with Gasteiger partial charge >= 0.3 is 0 Å². The smallest absolute Gasteiger partial charge is 0.254 e. The highest BCUT2D eigenvalue weighted by Crippen LogP contribution is 2.19. The van der Waals surface area contributed by atoms with Crippen molar-refractivity contribution >= 4 is 15.9 Å². The first-order valence-electron chi connectivity index (χ1n) is 9.51. The van der Waals surface area contributed by atoms with Crippen molar-refractivity contribution < 1.29 is 17.7 Å². The molecule has 0 unspecified atom stereocenters. The molecule has 0 bridgehead atoms. The predicted octanol–water partition coefficient (Wildman–Crippen LogP) is 2.69. The van der Waals surface area contributed by atoms with Gasteiger partial charge in [-0.25, -0.2) is 13.1 Å². The van der Waals surface area contributed by atoms with Crippen LogP contribution in [-0.2, 0) is 29.5 Å². The van der Waals surface area contributed by atoms with Crippen molar-refractivity contribution in [2.45, 2.75) is 38.3 Å². The third-order valence-electron chi connectivity index (χ3n) is 4.58. The molecule has 8 nitrogen and oxygen atoms in total. The first kappa shape index (κ1) is 21.7. The molecular formula is C21H24N4O4S. The number of amides is 1. The zero-order valence-electron chi connectivity index (χ0n) is 17.1. The van der Waals surface area contributed by atoms with E-state index in [0.29, 0.717) is 23.7 Å². The van der Waals surface area contributed by atoms with Crippen LogP contribution in [0.25, 0.3) is 0 Å². The number of nitrogens with zero attached hydrogens (tertiary/aromatic N) is 3. The Bertz CT molecular complexity index is 1130. The van der Waals surface area contributed by atoms with Crippen molar-refractivity contribution in [3.05, 3.63) is 76.9 Å². The standard InChI is InChI=1S/C21H24N4O4S/c1-4-19-23-20(29-24-19)14-25(3)21(26)17-11-10-15(2)18(12-17)30(27,28)22-13-16-8-6-5-7-9-16/h5-12,22H,4,13-14H2,1-3H3. The summed E-state index contributed by atoms with van der Waals surface area (Å²) in [5.41, 5.74) is 1.66. The fourth-order valence-electron chi connectivity index (χ4n) is 2.87. The summed E-state index contributed by atoms with van der Waals surface area (Å²) < 4.78 is 33.4. The number of aryl methyl sites for hydroxylation is 2. The SMILES string of the molecule is CCc1noc(CN(C)C(=O)c2ccc(C)c(S(=O)(=O)NCc3ccccc3)c2)n1. The Hall–Kier alpha value is -3.04. The van der Waals surface area contributed by atoms with E-state index in [-0.39, 0.29) is 29.5 Å². The van der Waals surface area contributed by atoms with E-state index in [1.165, 1.54) is 11.0 Å². The van der Waals surface area contributed by atoms with Gasteiger partial charge in [-0.3, -0.25) is 4.79 Å². The minimum Gasteiger partial charge on any atom is -0.337 e. The van der Waals surface area contributed by atoms with Gasteiger partial charge in [-0.1, -0.05) is 48.5 Å². The molecule has 0 saturated heterocycles. The third kappa shape index (κ3) is 5.11. The topological polar surface area (TPSA) is 105 Å². The van der Waals surface area contributed by atoms with E-state index in [0.717, 1.165) is 5.56 Å². The largest absolute Gasteiger partial charge is 0.337 e. The van der Waals surface area contributed by atoms with Crippen LogP contribution >= 0.6 is 0 Å². The van der Waals surface area contributed by atoms with Gasteiger partial charge in [0.05, 0.1) is 11.4 Å². The van der Waals surface area contributed by atoms with Gasteiger partial charge in [0.1, 0.15) is 0 Å². The maximum atomic E-state index is 12.8. The number of nitrogens with one attached hydrogen (secondary N) is 1. The number of hydrogen-bond acceptors (Lipinski definition) is 6. The van der Waals surface area contributed by atoms with Crippen LogP contribution in [0.1, 0.15) is 40.1 Å². The summed E-state index contributed by atoms with van der Waals surface area (Å²) in [6, 6.07) is 13.9. The lowest BCUT2D eigenvalue weighted by molar-refractivity contribution is 0.0769. The Morgan fingerprint density at radius 3 is 2.57 bits per heavy atom. The van der Waals surface area contributed by atoms with E-state index in [1.807, 2.05) is 37.3 Å². The lowest BCUT2D eigenvalue weighted by Gasteiger charge is -2.16. The summed E-state index contributed by atoms with van der Waals surface area (Å²) >= 11 is 0. The van der Waals surface area contributed by atoms with Gasteiger partial charge in [-0.2, -0.15) is 4.98 Å². The highest BCUT2D eigenvalue weighted by molar-refractivity contribution is 7.89. The molecule has 0 atom stereocenters. The highest BCUT2D eigenvalue weighted by atomic mass is 32.2. The fraction of sp³-hybridized carbons (Fsp3) is 0.286. The quantitative estimate of drug-likeness (QED) is 0.591. The Labute approximate surface area is 176 Å². The summed E-state index contributed by atoms with van der Waals surface area (Å²) in [5.74, 6) is 0.553. The number of hydrogen-bond donors (Lipinski definition) is 1. The maximum absolute atomic E-state index is 12.8. The molecule has 158 valence electrons. The fourth-order valence-corrected chi connectivity index (χ4v) is 4.15. The zero-order valence-corrected chi connectivity index (χ0v) is 17.9. The van der Waals surface area contributed by atoms with Crippen LogP contribution in [0, 0.1) is 6.92 Å². The molecular weight excluding hydrogens is 404 g/mol. The molecule has 3 rings (SSSR count). The molecule has 30 heavy (non-hydrogen) atoms. The van der Waals surface area contributed by atoms with Gasteiger partial charge in [-0.05, 0) is 30.2 Å². The molecule has 1 amide bonds. The van der Waals surface area contributed by atoms with Crippen molar-refractivity contribution in [3.8, 4) is 0 Å². The van der Waals surface area contributed by atoms with E-state index in [2.05, 4.69) is 14.9 Å². The molecule has 0 radical (unpaired) electrons. The summed E-state index contributed by atoms with van der Waals surface area (Å²) in [5, 5.41) is 3.81. The van der Waals surface area contributed by atoms with Crippen LogP contribution in [0.4, 0.5) is 0 Å². The van der Waals surface area contributed by atoms with Gasteiger partial charge < -0.3 is 9.42 Å². The number of sulfonamides is 1. The zero-order chi connectivity index (χ0) is 21.7. The van der Waals surface area contributed by atoms with Crippen LogP contribution in [0.5, 0.6) is 0 Å². The molecule has 9 heteroatoms. The van der Waals surface area contributed by atoms with Crippen molar-refractivity contribution in [2.75, 3.05) is 7.05 Å². The van der Waals surface area contributed by atoms with E-state index in [4.69, 9.17) is 4.52 Å². The van der Waals surface area contributed by atoms with Crippen LogP contribution in [0.3, 0.4) is 0 Å². The summed E-state index contributed by atoms with van der Waals surface area (Å²) in [6.45, 7) is 3.90. The van der Waals surface area contributed by atoms with E-state index in [1.54, 1.807) is 26.1 Å². The Morgan fingerprint density at radius 2 is 1.90 bits per heavy atom. The van der Waals surface area contributed by atoms with Gasteiger partial charge in [0.15, 0.2) is 5.82 Å². The first-order valence-corrected chi connectivity index (χ1v) is 11.0. The number of carbonyl (C=O) groups excluding carboxylic acids is 1. The lowest BCUT2D eigenvalue weighted by Crippen LogP contribution is -2.28.